The van der Waals surface area contributed by atoms with Crippen LogP contribution in [0.1, 0.15) is 38.7 Å². The Bertz CT molecular complexity index is 447. The van der Waals surface area contributed by atoms with Crippen molar-refractivity contribution in [3.8, 4) is 0 Å². The summed E-state index contributed by atoms with van der Waals surface area (Å²) in [6.45, 7) is 7.04. The van der Waals surface area contributed by atoms with Gasteiger partial charge in [-0.25, -0.2) is 4.98 Å². The first-order valence-corrected chi connectivity index (χ1v) is 7.83. The zero-order valence-corrected chi connectivity index (χ0v) is 12.5. The summed E-state index contributed by atoms with van der Waals surface area (Å²) in [5, 5.41) is 3.60. The molecule has 1 aromatic rings. The number of ether oxygens (including phenoxy) is 1. The highest BCUT2D eigenvalue weighted by molar-refractivity contribution is 5.48. The standard InChI is InChI=1S/C16H25N3O/c1-3-15-11-20-12(2)10-19(15)16-13(5-4-8-17-16)9-18-14-6-7-14/h4-5,8,12,14-15,18H,3,6-7,9-11H2,1-2H3. The maximum Gasteiger partial charge on any atom is 0.133 e. The number of pyridine rings is 1. The lowest BCUT2D eigenvalue weighted by Crippen LogP contribution is -2.49. The van der Waals surface area contributed by atoms with Crippen LogP contribution in [0.25, 0.3) is 0 Å². The van der Waals surface area contributed by atoms with E-state index in [1.807, 2.05) is 12.3 Å². The molecule has 1 aromatic heterocycles. The minimum atomic E-state index is 0.282. The number of hydrogen-bond donors (Lipinski definition) is 1. The second kappa shape index (κ2) is 6.10. The fourth-order valence-electron chi connectivity index (χ4n) is 2.81. The SMILES string of the molecule is CCC1COC(C)CN1c1ncccc1CNC1CC1. The highest BCUT2D eigenvalue weighted by atomic mass is 16.5. The van der Waals surface area contributed by atoms with E-state index in [2.05, 4.69) is 35.1 Å². The molecule has 4 nitrogen and oxygen atoms in total. The van der Waals surface area contributed by atoms with Gasteiger partial charge in [0, 0.05) is 30.9 Å². The Hall–Kier alpha value is -1.13. The van der Waals surface area contributed by atoms with Crippen molar-refractivity contribution in [3.05, 3.63) is 23.9 Å². The van der Waals surface area contributed by atoms with E-state index in [1.54, 1.807) is 0 Å². The van der Waals surface area contributed by atoms with Crippen LogP contribution in [0.2, 0.25) is 0 Å². The topological polar surface area (TPSA) is 37.4 Å². The zero-order valence-electron chi connectivity index (χ0n) is 12.5. The molecule has 2 unspecified atom stereocenters. The molecule has 0 spiro atoms. The third-order valence-electron chi connectivity index (χ3n) is 4.24. The summed E-state index contributed by atoms with van der Waals surface area (Å²) >= 11 is 0. The summed E-state index contributed by atoms with van der Waals surface area (Å²) in [4.78, 5) is 7.11. The molecular formula is C16H25N3O. The first kappa shape index (κ1) is 13.8. The minimum absolute atomic E-state index is 0.282. The molecule has 110 valence electrons. The molecule has 0 bridgehead atoms. The van der Waals surface area contributed by atoms with Crippen LogP contribution in [-0.4, -0.2) is 36.3 Å². The molecule has 4 heteroatoms. The van der Waals surface area contributed by atoms with E-state index in [0.29, 0.717) is 6.04 Å². The van der Waals surface area contributed by atoms with Crippen LogP contribution in [0.15, 0.2) is 18.3 Å². The van der Waals surface area contributed by atoms with Crippen molar-refractivity contribution in [3.63, 3.8) is 0 Å². The number of morpholine rings is 1. The molecule has 0 radical (unpaired) electrons. The van der Waals surface area contributed by atoms with Gasteiger partial charge in [0.2, 0.25) is 0 Å². The van der Waals surface area contributed by atoms with Gasteiger partial charge in [0.25, 0.3) is 0 Å². The van der Waals surface area contributed by atoms with Gasteiger partial charge < -0.3 is 15.0 Å². The van der Waals surface area contributed by atoms with Crippen molar-refractivity contribution in [2.45, 2.75) is 57.8 Å². The summed E-state index contributed by atoms with van der Waals surface area (Å²) in [6, 6.07) is 5.41. The van der Waals surface area contributed by atoms with Crippen molar-refractivity contribution in [2.75, 3.05) is 18.1 Å². The van der Waals surface area contributed by atoms with Gasteiger partial charge in [0.15, 0.2) is 0 Å². The van der Waals surface area contributed by atoms with Gasteiger partial charge in [-0.3, -0.25) is 0 Å². The molecule has 1 N–H and O–H groups in total. The summed E-state index contributed by atoms with van der Waals surface area (Å²) < 4.78 is 5.80. The van der Waals surface area contributed by atoms with Gasteiger partial charge in [-0.05, 0) is 32.3 Å². The van der Waals surface area contributed by atoms with Gasteiger partial charge in [0.1, 0.15) is 5.82 Å². The van der Waals surface area contributed by atoms with E-state index in [-0.39, 0.29) is 6.10 Å². The third kappa shape index (κ3) is 3.13. The molecule has 0 amide bonds. The normalized spacial score (nSPS) is 26.8. The fraction of sp³-hybridized carbons (Fsp3) is 0.688. The van der Waals surface area contributed by atoms with Gasteiger partial charge in [-0.15, -0.1) is 0 Å². The second-order valence-corrected chi connectivity index (χ2v) is 6.00. The molecule has 2 fully saturated rings. The van der Waals surface area contributed by atoms with Crippen molar-refractivity contribution in [1.29, 1.82) is 0 Å². The van der Waals surface area contributed by atoms with Gasteiger partial charge in [-0.1, -0.05) is 13.0 Å². The van der Waals surface area contributed by atoms with Crippen LogP contribution in [0, 0.1) is 0 Å². The molecule has 2 atom stereocenters. The van der Waals surface area contributed by atoms with Crippen LogP contribution in [0.5, 0.6) is 0 Å². The van der Waals surface area contributed by atoms with Crippen LogP contribution >= 0.6 is 0 Å². The largest absolute Gasteiger partial charge is 0.375 e. The first-order valence-electron chi connectivity index (χ1n) is 7.83. The first-order chi connectivity index (χ1) is 9.78. The maximum absolute atomic E-state index is 5.80. The van der Waals surface area contributed by atoms with E-state index in [4.69, 9.17) is 4.74 Å². The van der Waals surface area contributed by atoms with Gasteiger partial charge in [0.05, 0.1) is 18.8 Å². The Labute approximate surface area is 121 Å². The zero-order chi connectivity index (χ0) is 13.9. The van der Waals surface area contributed by atoms with Crippen LogP contribution < -0.4 is 10.2 Å². The highest BCUT2D eigenvalue weighted by Gasteiger charge is 2.28. The Balaban J connectivity index is 1.78. The van der Waals surface area contributed by atoms with E-state index in [9.17, 15) is 0 Å². The lowest BCUT2D eigenvalue weighted by atomic mass is 10.1. The van der Waals surface area contributed by atoms with Crippen molar-refractivity contribution in [1.82, 2.24) is 10.3 Å². The summed E-state index contributed by atoms with van der Waals surface area (Å²) in [6.07, 6.45) is 5.93. The molecule has 1 aliphatic carbocycles. The maximum atomic E-state index is 5.80. The molecule has 3 rings (SSSR count). The Kier molecular flexibility index (Phi) is 4.22. The number of hydrogen-bond acceptors (Lipinski definition) is 4. The molecule has 1 aliphatic heterocycles. The number of nitrogens with one attached hydrogen (secondary N) is 1. The van der Waals surface area contributed by atoms with E-state index in [0.717, 1.165) is 38.0 Å². The monoisotopic (exact) mass is 275 g/mol. The quantitative estimate of drug-likeness (QED) is 0.895. The van der Waals surface area contributed by atoms with Crippen molar-refractivity contribution >= 4 is 5.82 Å². The third-order valence-corrected chi connectivity index (χ3v) is 4.24. The lowest BCUT2D eigenvalue weighted by molar-refractivity contribution is 0.0295. The fourth-order valence-corrected chi connectivity index (χ4v) is 2.81. The van der Waals surface area contributed by atoms with E-state index >= 15 is 0 Å². The van der Waals surface area contributed by atoms with Crippen LogP contribution in [0.4, 0.5) is 5.82 Å². The molecule has 20 heavy (non-hydrogen) atoms. The predicted octanol–water partition coefficient (Wildman–Crippen LogP) is 2.34. The molecule has 0 aromatic carbocycles. The van der Waals surface area contributed by atoms with Crippen molar-refractivity contribution < 1.29 is 4.74 Å². The highest BCUT2D eigenvalue weighted by Crippen LogP contribution is 2.26. The number of nitrogens with zero attached hydrogens (tertiary/aromatic N) is 2. The minimum Gasteiger partial charge on any atom is -0.375 e. The molecule has 1 saturated carbocycles. The number of anilines is 1. The smallest absolute Gasteiger partial charge is 0.133 e. The summed E-state index contributed by atoms with van der Waals surface area (Å²) in [7, 11) is 0. The van der Waals surface area contributed by atoms with Crippen molar-refractivity contribution in [2.24, 2.45) is 0 Å². The van der Waals surface area contributed by atoms with E-state index < -0.39 is 0 Å². The number of rotatable bonds is 5. The molecule has 2 aliphatic rings. The van der Waals surface area contributed by atoms with Crippen LogP contribution in [0.3, 0.4) is 0 Å². The van der Waals surface area contributed by atoms with E-state index in [1.165, 1.54) is 18.4 Å². The predicted molar refractivity (Wildman–Crippen MR) is 80.9 cm³/mol. The average molecular weight is 275 g/mol. The molecule has 2 heterocycles. The molecular weight excluding hydrogens is 250 g/mol. The second-order valence-electron chi connectivity index (χ2n) is 6.00. The summed E-state index contributed by atoms with van der Waals surface area (Å²) in [5.74, 6) is 1.14. The Morgan fingerprint density at radius 3 is 3.05 bits per heavy atom. The Morgan fingerprint density at radius 2 is 2.30 bits per heavy atom. The summed E-state index contributed by atoms with van der Waals surface area (Å²) in [5.41, 5.74) is 1.31. The van der Waals surface area contributed by atoms with Gasteiger partial charge in [-0.2, -0.15) is 0 Å². The Morgan fingerprint density at radius 1 is 1.45 bits per heavy atom. The lowest BCUT2D eigenvalue weighted by Gasteiger charge is -2.40. The van der Waals surface area contributed by atoms with Crippen LogP contribution in [-0.2, 0) is 11.3 Å². The molecule has 1 saturated heterocycles. The van der Waals surface area contributed by atoms with Gasteiger partial charge >= 0.3 is 0 Å². The average Bonchev–Trinajstić information content (AvgIpc) is 3.29. The number of aromatic nitrogens is 1.